The fourth-order valence-corrected chi connectivity index (χ4v) is 4.42. The molecule has 164 valence electrons. The number of nitrogens with one attached hydrogen (secondary N) is 1. The van der Waals surface area contributed by atoms with E-state index in [1.807, 2.05) is 0 Å². The molecule has 0 aliphatic carbocycles. The molecule has 1 heterocycles. The maximum Gasteiger partial charge on any atom is 0.416 e. The fraction of sp³-hybridized carbons (Fsp3) is 0.250. The fourth-order valence-electron chi connectivity index (χ4n) is 2.85. The van der Waals surface area contributed by atoms with Gasteiger partial charge < -0.3 is 5.32 Å². The van der Waals surface area contributed by atoms with Gasteiger partial charge in [-0.3, -0.25) is 14.5 Å². The second-order valence-corrected chi connectivity index (χ2v) is 8.44. The predicted octanol–water partition coefficient (Wildman–Crippen LogP) is 5.99. The van der Waals surface area contributed by atoms with Gasteiger partial charge in [0.15, 0.2) is 5.17 Å². The average molecular weight is 490 g/mol. The van der Waals surface area contributed by atoms with Crippen LogP contribution in [0.4, 0.5) is 24.5 Å². The van der Waals surface area contributed by atoms with E-state index in [0.717, 1.165) is 23.9 Å². The molecule has 0 radical (unpaired) electrons. The van der Waals surface area contributed by atoms with Gasteiger partial charge in [0.1, 0.15) is 5.25 Å². The average Bonchev–Trinajstić information content (AvgIpc) is 2.99. The van der Waals surface area contributed by atoms with Gasteiger partial charge in [0.25, 0.3) is 0 Å². The first-order valence-corrected chi connectivity index (χ1v) is 10.7. The van der Waals surface area contributed by atoms with E-state index in [0.29, 0.717) is 5.69 Å². The minimum atomic E-state index is -4.50. The number of amidine groups is 1. The Labute approximate surface area is 190 Å². The van der Waals surface area contributed by atoms with E-state index >= 15 is 0 Å². The van der Waals surface area contributed by atoms with Gasteiger partial charge >= 0.3 is 6.18 Å². The lowest BCUT2D eigenvalue weighted by Crippen LogP contribution is -2.33. The number of anilines is 1. The third-order valence-corrected chi connectivity index (χ3v) is 6.33. The summed E-state index contributed by atoms with van der Waals surface area (Å²) in [6.07, 6.45) is -4.66. The SMILES string of the molecule is CCN1C(=O)C(CC(=O)Nc2cccc(Cl)c2Cl)SC1=Nc1cccc(C(F)(F)F)c1. The molecule has 1 saturated heterocycles. The van der Waals surface area contributed by atoms with Crippen LogP contribution in [-0.2, 0) is 15.8 Å². The van der Waals surface area contributed by atoms with E-state index in [4.69, 9.17) is 23.2 Å². The number of alkyl halides is 3. The van der Waals surface area contributed by atoms with Gasteiger partial charge in [-0.1, -0.05) is 47.1 Å². The van der Waals surface area contributed by atoms with Crippen molar-refractivity contribution in [1.29, 1.82) is 0 Å². The van der Waals surface area contributed by atoms with Crippen molar-refractivity contribution in [2.24, 2.45) is 4.99 Å². The minimum absolute atomic E-state index is 0.0689. The number of benzene rings is 2. The van der Waals surface area contributed by atoms with Crippen LogP contribution in [0.1, 0.15) is 18.9 Å². The second kappa shape index (κ2) is 9.50. The summed E-state index contributed by atoms with van der Waals surface area (Å²) in [6, 6.07) is 9.30. The number of carbonyl (C=O) groups is 2. The van der Waals surface area contributed by atoms with E-state index < -0.39 is 22.9 Å². The number of nitrogens with zero attached hydrogens (tertiary/aromatic N) is 2. The molecule has 2 aromatic carbocycles. The van der Waals surface area contributed by atoms with E-state index in [1.54, 1.807) is 25.1 Å². The van der Waals surface area contributed by atoms with Crippen molar-refractivity contribution >= 4 is 63.3 Å². The van der Waals surface area contributed by atoms with Gasteiger partial charge in [-0.2, -0.15) is 13.2 Å². The Morgan fingerprint density at radius 1 is 1.23 bits per heavy atom. The van der Waals surface area contributed by atoms with Crippen LogP contribution in [-0.4, -0.2) is 33.7 Å². The monoisotopic (exact) mass is 489 g/mol. The van der Waals surface area contributed by atoms with E-state index in [2.05, 4.69) is 10.3 Å². The maximum absolute atomic E-state index is 12.9. The molecule has 31 heavy (non-hydrogen) atoms. The Balaban J connectivity index is 1.76. The molecule has 1 aliphatic rings. The summed E-state index contributed by atoms with van der Waals surface area (Å²) in [4.78, 5) is 30.7. The first-order chi connectivity index (χ1) is 14.6. The number of thioether (sulfide) groups is 1. The highest BCUT2D eigenvalue weighted by atomic mass is 35.5. The lowest BCUT2D eigenvalue weighted by atomic mass is 10.2. The molecule has 0 spiro atoms. The number of aliphatic imine (C=N–C) groups is 1. The maximum atomic E-state index is 12.9. The van der Waals surface area contributed by atoms with Gasteiger partial charge in [0.05, 0.1) is 27.0 Å². The highest BCUT2D eigenvalue weighted by Gasteiger charge is 2.38. The summed E-state index contributed by atoms with van der Waals surface area (Å²) >= 11 is 13.0. The molecule has 1 aliphatic heterocycles. The Morgan fingerprint density at radius 3 is 2.61 bits per heavy atom. The number of halogens is 5. The largest absolute Gasteiger partial charge is 0.416 e. The van der Waals surface area contributed by atoms with Crippen LogP contribution >= 0.6 is 35.0 Å². The van der Waals surface area contributed by atoms with Crippen molar-refractivity contribution in [2.75, 3.05) is 11.9 Å². The Bertz CT molecular complexity index is 1050. The topological polar surface area (TPSA) is 61.8 Å². The molecular weight excluding hydrogens is 474 g/mol. The summed E-state index contributed by atoms with van der Waals surface area (Å²) in [5, 5.41) is 2.56. The standard InChI is InChI=1S/C20H16Cl2F3N3O2S/c1-2-28-18(30)15(10-16(29)27-14-8-4-7-13(21)17(14)22)31-19(28)26-12-6-3-5-11(9-12)20(23,24)25/h3-9,15H,2,10H2,1H3,(H,27,29). The van der Waals surface area contributed by atoms with Crippen LogP contribution in [0, 0.1) is 0 Å². The van der Waals surface area contributed by atoms with Crippen LogP contribution in [0.2, 0.25) is 10.0 Å². The highest BCUT2D eigenvalue weighted by Crippen LogP contribution is 2.35. The molecule has 2 aromatic rings. The van der Waals surface area contributed by atoms with Crippen molar-refractivity contribution in [3.05, 3.63) is 58.1 Å². The summed E-state index contributed by atoms with van der Waals surface area (Å²) in [6.45, 7) is 1.98. The normalized spacial score (nSPS) is 18.0. The number of carbonyl (C=O) groups excluding carboxylic acids is 2. The Kier molecular flexibility index (Phi) is 7.18. The molecule has 0 aromatic heterocycles. The number of hydrogen-bond donors (Lipinski definition) is 1. The quantitative estimate of drug-likeness (QED) is 0.560. The van der Waals surface area contributed by atoms with Gasteiger partial charge in [-0.05, 0) is 37.3 Å². The van der Waals surface area contributed by atoms with Crippen molar-refractivity contribution in [2.45, 2.75) is 24.8 Å². The molecule has 1 atom stereocenters. The molecule has 2 amide bonds. The summed E-state index contributed by atoms with van der Waals surface area (Å²) < 4.78 is 38.8. The van der Waals surface area contributed by atoms with Crippen molar-refractivity contribution in [1.82, 2.24) is 4.90 Å². The van der Waals surface area contributed by atoms with Crippen LogP contribution < -0.4 is 5.32 Å². The zero-order valence-electron chi connectivity index (χ0n) is 16.0. The molecule has 0 saturated carbocycles. The number of rotatable bonds is 5. The summed E-state index contributed by atoms with van der Waals surface area (Å²) in [5.41, 5.74) is -0.444. The van der Waals surface area contributed by atoms with Crippen LogP contribution in [0.5, 0.6) is 0 Å². The van der Waals surface area contributed by atoms with Crippen molar-refractivity contribution in [3.63, 3.8) is 0 Å². The first-order valence-electron chi connectivity index (χ1n) is 9.08. The molecule has 1 N–H and O–H groups in total. The number of hydrogen-bond acceptors (Lipinski definition) is 4. The molecular formula is C20H16Cl2F3N3O2S. The Hall–Kier alpha value is -2.23. The third kappa shape index (κ3) is 5.53. The van der Waals surface area contributed by atoms with Crippen molar-refractivity contribution in [3.8, 4) is 0 Å². The Morgan fingerprint density at radius 2 is 1.94 bits per heavy atom. The number of amides is 2. The van der Waals surface area contributed by atoms with Crippen molar-refractivity contribution < 1.29 is 22.8 Å². The van der Waals surface area contributed by atoms with E-state index in [1.165, 1.54) is 17.0 Å². The highest BCUT2D eigenvalue weighted by molar-refractivity contribution is 8.15. The van der Waals surface area contributed by atoms with Gasteiger partial charge in [0, 0.05) is 13.0 Å². The molecule has 0 bridgehead atoms. The summed E-state index contributed by atoms with van der Waals surface area (Å²) in [7, 11) is 0. The second-order valence-electron chi connectivity index (χ2n) is 6.49. The molecule has 1 fully saturated rings. The molecule has 11 heteroatoms. The van der Waals surface area contributed by atoms with Gasteiger partial charge in [0.2, 0.25) is 11.8 Å². The van der Waals surface area contributed by atoms with Crippen LogP contribution in [0.15, 0.2) is 47.5 Å². The van der Waals surface area contributed by atoms with Gasteiger partial charge in [-0.25, -0.2) is 4.99 Å². The predicted molar refractivity (Wildman–Crippen MR) is 117 cm³/mol. The zero-order valence-corrected chi connectivity index (χ0v) is 18.4. The van der Waals surface area contributed by atoms with Crippen LogP contribution in [0.25, 0.3) is 0 Å². The molecule has 3 rings (SSSR count). The van der Waals surface area contributed by atoms with Crippen LogP contribution in [0.3, 0.4) is 0 Å². The summed E-state index contributed by atoms with van der Waals surface area (Å²) in [5.74, 6) is -0.794. The zero-order chi connectivity index (χ0) is 22.8. The van der Waals surface area contributed by atoms with E-state index in [-0.39, 0.29) is 39.8 Å². The van der Waals surface area contributed by atoms with Gasteiger partial charge in [-0.15, -0.1) is 0 Å². The smallest absolute Gasteiger partial charge is 0.325 e. The first kappa shape index (κ1) is 23.4. The molecule has 1 unspecified atom stereocenters. The third-order valence-electron chi connectivity index (χ3n) is 4.33. The molecule has 5 nitrogen and oxygen atoms in total. The van der Waals surface area contributed by atoms with E-state index in [9.17, 15) is 22.8 Å². The minimum Gasteiger partial charge on any atom is -0.325 e. The lowest BCUT2D eigenvalue weighted by molar-refractivity contribution is -0.137. The lowest BCUT2D eigenvalue weighted by Gasteiger charge is -2.14.